The molecule has 5 rings (SSSR count). The Morgan fingerprint density at radius 2 is 1.75 bits per heavy atom. The Balaban J connectivity index is 1.28. The third-order valence-corrected chi connectivity index (χ3v) is 9.89. The van der Waals surface area contributed by atoms with Crippen molar-refractivity contribution in [2.75, 3.05) is 32.1 Å². The second-order valence-corrected chi connectivity index (χ2v) is 12.2. The average molecular weight is 530 g/mol. The van der Waals surface area contributed by atoms with Crippen LogP contribution in [-0.4, -0.2) is 66.8 Å². The van der Waals surface area contributed by atoms with Crippen LogP contribution in [0.25, 0.3) is 0 Å². The number of amidine groups is 1. The summed E-state index contributed by atoms with van der Waals surface area (Å²) in [5, 5.41) is 0.738. The first-order chi connectivity index (χ1) is 17.4. The highest BCUT2D eigenvalue weighted by molar-refractivity contribution is 8.14. The maximum Gasteiger partial charge on any atom is 0.243 e. The van der Waals surface area contributed by atoms with Gasteiger partial charge in [-0.3, -0.25) is 9.69 Å². The van der Waals surface area contributed by atoms with E-state index >= 15 is 0 Å². The van der Waals surface area contributed by atoms with E-state index < -0.39 is 10.0 Å². The molecule has 0 saturated carbocycles. The van der Waals surface area contributed by atoms with Crippen molar-refractivity contribution in [3.63, 3.8) is 0 Å². The van der Waals surface area contributed by atoms with Crippen LogP contribution < -0.4 is 9.47 Å². The van der Waals surface area contributed by atoms with Crippen molar-refractivity contribution < 1.29 is 22.7 Å². The Labute approximate surface area is 216 Å². The molecule has 3 aliphatic rings. The highest BCUT2D eigenvalue weighted by Gasteiger charge is 2.40. The van der Waals surface area contributed by atoms with Crippen molar-refractivity contribution in [3.8, 4) is 11.5 Å². The zero-order valence-electron chi connectivity index (χ0n) is 20.6. The minimum Gasteiger partial charge on any atom is -0.486 e. The summed E-state index contributed by atoms with van der Waals surface area (Å²) in [7, 11) is -3.69. The van der Waals surface area contributed by atoms with Crippen molar-refractivity contribution in [2.45, 2.75) is 44.0 Å². The van der Waals surface area contributed by atoms with Gasteiger partial charge in [-0.1, -0.05) is 36.4 Å². The Hall–Kier alpha value is -2.56. The fourth-order valence-electron chi connectivity index (χ4n) is 4.73. The largest absolute Gasteiger partial charge is 0.486 e. The number of rotatable bonds is 5. The number of carbonyl (C=O) groups is 1. The summed E-state index contributed by atoms with van der Waals surface area (Å²) in [5.74, 6) is 1.65. The summed E-state index contributed by atoms with van der Waals surface area (Å²) in [4.78, 5) is 20.5. The lowest BCUT2D eigenvalue weighted by atomic mass is 9.96. The highest BCUT2D eigenvalue weighted by atomic mass is 32.2. The molecular formula is C26H31N3O5S2. The van der Waals surface area contributed by atoms with Crippen LogP contribution in [0, 0.1) is 12.8 Å². The van der Waals surface area contributed by atoms with Gasteiger partial charge in [0.05, 0.1) is 10.6 Å². The number of amides is 1. The van der Waals surface area contributed by atoms with Crippen LogP contribution in [0.2, 0.25) is 0 Å². The van der Waals surface area contributed by atoms with Gasteiger partial charge in [0, 0.05) is 36.9 Å². The molecule has 2 fully saturated rings. The third kappa shape index (κ3) is 4.99. The lowest BCUT2D eigenvalue weighted by Gasteiger charge is -2.34. The summed E-state index contributed by atoms with van der Waals surface area (Å²) >= 11 is 1.61. The lowest BCUT2D eigenvalue weighted by molar-refractivity contribution is -0.133. The van der Waals surface area contributed by atoms with Crippen molar-refractivity contribution in [2.24, 2.45) is 10.9 Å². The Bertz CT molecular complexity index is 1250. The number of piperidine rings is 1. The molecule has 0 spiro atoms. The van der Waals surface area contributed by atoms with Crippen molar-refractivity contribution >= 4 is 38.5 Å². The molecular weight excluding hydrogens is 498 g/mol. The van der Waals surface area contributed by atoms with Gasteiger partial charge in [-0.15, -0.1) is 0 Å². The van der Waals surface area contributed by atoms with Gasteiger partial charge in [0.1, 0.15) is 13.2 Å². The Morgan fingerprint density at radius 3 is 2.44 bits per heavy atom. The first-order valence-electron chi connectivity index (χ1n) is 12.4. The number of nitrogens with zero attached hydrogens (tertiary/aromatic N) is 3. The fourth-order valence-corrected chi connectivity index (χ4v) is 7.49. The molecule has 1 unspecified atom stereocenters. The molecule has 1 amide bonds. The van der Waals surface area contributed by atoms with E-state index in [-0.39, 0.29) is 22.8 Å². The van der Waals surface area contributed by atoms with E-state index in [9.17, 15) is 13.2 Å². The normalized spacial score (nSPS) is 22.2. The third-order valence-electron chi connectivity index (χ3n) is 6.90. The van der Waals surface area contributed by atoms with E-state index in [2.05, 4.69) is 6.92 Å². The topological polar surface area (TPSA) is 88.5 Å². The molecule has 2 aromatic rings. The molecule has 8 nitrogen and oxygen atoms in total. The molecule has 0 aromatic heterocycles. The second-order valence-electron chi connectivity index (χ2n) is 9.30. The van der Waals surface area contributed by atoms with Gasteiger partial charge in [-0.05, 0) is 50.5 Å². The number of benzene rings is 2. The average Bonchev–Trinajstić information content (AvgIpc) is 3.31. The van der Waals surface area contributed by atoms with E-state index in [1.165, 1.54) is 10.4 Å². The smallest absolute Gasteiger partial charge is 0.243 e. The van der Waals surface area contributed by atoms with E-state index in [0.29, 0.717) is 50.6 Å². The van der Waals surface area contributed by atoms with Crippen LogP contribution in [0.15, 0.2) is 52.4 Å². The summed E-state index contributed by atoms with van der Waals surface area (Å²) < 4.78 is 39.1. The molecule has 0 N–H and O–H groups in total. The molecule has 0 aliphatic carbocycles. The maximum absolute atomic E-state index is 13.6. The summed E-state index contributed by atoms with van der Waals surface area (Å²) in [6.45, 7) is 5.57. The zero-order chi connectivity index (χ0) is 25.3. The minimum absolute atomic E-state index is 0.0501. The van der Waals surface area contributed by atoms with Crippen molar-refractivity contribution in [1.82, 2.24) is 9.21 Å². The van der Waals surface area contributed by atoms with E-state index in [1.54, 1.807) is 23.9 Å². The first-order valence-corrected chi connectivity index (χ1v) is 14.8. The highest BCUT2D eigenvalue weighted by Crippen LogP contribution is 2.35. The van der Waals surface area contributed by atoms with Gasteiger partial charge >= 0.3 is 0 Å². The van der Waals surface area contributed by atoms with Gasteiger partial charge in [0.2, 0.25) is 15.9 Å². The molecule has 192 valence electrons. The van der Waals surface area contributed by atoms with Crippen LogP contribution >= 0.6 is 11.8 Å². The van der Waals surface area contributed by atoms with Crippen LogP contribution in [0.5, 0.6) is 11.5 Å². The Kier molecular flexibility index (Phi) is 7.28. The zero-order valence-corrected chi connectivity index (χ0v) is 22.2. The summed E-state index contributed by atoms with van der Waals surface area (Å²) in [6, 6.07) is 12.8. The fraction of sp³-hybridized carbons (Fsp3) is 0.462. The van der Waals surface area contributed by atoms with Gasteiger partial charge < -0.3 is 9.47 Å². The summed E-state index contributed by atoms with van der Waals surface area (Å²) in [5.41, 5.74) is 1.99. The SMILES string of the molecule is CCC1CSC(=Nc2ccc(C)cc2)N1C(=O)C1CCN(S(=O)(=O)c2ccc3c(c2)OCCO3)CC1. The van der Waals surface area contributed by atoms with Crippen LogP contribution in [-0.2, 0) is 14.8 Å². The molecule has 3 aliphatic heterocycles. The number of sulfonamides is 1. The molecule has 10 heteroatoms. The maximum atomic E-state index is 13.6. The van der Waals surface area contributed by atoms with Crippen molar-refractivity contribution in [3.05, 3.63) is 48.0 Å². The van der Waals surface area contributed by atoms with Gasteiger partial charge in [0.25, 0.3) is 0 Å². The summed E-state index contributed by atoms with van der Waals surface area (Å²) in [6.07, 6.45) is 1.82. The number of hydrogen-bond acceptors (Lipinski definition) is 7. The lowest BCUT2D eigenvalue weighted by Crippen LogP contribution is -2.47. The van der Waals surface area contributed by atoms with E-state index in [4.69, 9.17) is 14.5 Å². The van der Waals surface area contributed by atoms with Crippen LogP contribution in [0.4, 0.5) is 5.69 Å². The predicted octanol–water partition coefficient (Wildman–Crippen LogP) is 4.21. The monoisotopic (exact) mass is 529 g/mol. The van der Waals surface area contributed by atoms with Crippen molar-refractivity contribution in [1.29, 1.82) is 0 Å². The van der Waals surface area contributed by atoms with Gasteiger partial charge in [-0.25, -0.2) is 13.4 Å². The minimum atomic E-state index is -3.69. The number of aliphatic imine (C=N–C) groups is 1. The van der Waals surface area contributed by atoms with E-state index in [0.717, 1.165) is 28.6 Å². The van der Waals surface area contributed by atoms with Gasteiger partial charge in [-0.2, -0.15) is 4.31 Å². The number of carbonyl (C=O) groups excluding carboxylic acids is 1. The first kappa shape index (κ1) is 25.1. The van der Waals surface area contributed by atoms with Crippen LogP contribution in [0.1, 0.15) is 31.7 Å². The number of ether oxygens (including phenoxy) is 2. The molecule has 1 atom stereocenters. The molecule has 2 saturated heterocycles. The second kappa shape index (κ2) is 10.4. The molecule has 0 bridgehead atoms. The van der Waals surface area contributed by atoms with E-state index in [1.807, 2.05) is 36.1 Å². The number of fused-ring (bicyclic) bond motifs is 1. The molecule has 0 radical (unpaired) electrons. The number of hydrogen-bond donors (Lipinski definition) is 0. The Morgan fingerprint density at radius 1 is 1.06 bits per heavy atom. The number of thioether (sulfide) groups is 1. The van der Waals surface area contributed by atoms with Gasteiger partial charge in [0.15, 0.2) is 16.7 Å². The quantitative estimate of drug-likeness (QED) is 0.577. The van der Waals surface area contributed by atoms with Crippen LogP contribution in [0.3, 0.4) is 0 Å². The molecule has 2 aromatic carbocycles. The molecule has 36 heavy (non-hydrogen) atoms. The number of aryl methyl sites for hydroxylation is 1. The predicted molar refractivity (Wildman–Crippen MR) is 141 cm³/mol. The molecule has 3 heterocycles. The standard InChI is InChI=1S/C26H31N3O5S2/c1-3-21-17-35-26(27-20-6-4-18(2)5-7-20)29(21)25(30)19-10-12-28(13-11-19)36(31,32)22-8-9-23-24(16-22)34-15-14-33-23/h4-9,16,19,21H,3,10-15,17H2,1-2H3.